The Kier molecular flexibility index (Phi) is 5.33. The van der Waals surface area contributed by atoms with Gasteiger partial charge in [0.05, 0.1) is 12.2 Å². The topological polar surface area (TPSA) is 49.4 Å². The molecule has 0 saturated carbocycles. The standard InChI is InChI=1S/C14H17IN2O2/c15-12-5-1-2-6-13(12)16-14(19)9-17-7-3-4-11(8-17)10-18/h1-2,5-6,10-11H,3-4,7-9H2,(H,16,19). The number of carbonyl (C=O) groups is 2. The molecule has 0 aromatic heterocycles. The van der Waals surface area contributed by atoms with E-state index in [9.17, 15) is 9.59 Å². The van der Waals surface area contributed by atoms with E-state index in [0.29, 0.717) is 13.1 Å². The summed E-state index contributed by atoms with van der Waals surface area (Å²) in [5.74, 6) is 0.0640. The number of hydrogen-bond donors (Lipinski definition) is 1. The van der Waals surface area contributed by atoms with Gasteiger partial charge in [-0.05, 0) is 54.1 Å². The smallest absolute Gasteiger partial charge is 0.238 e. The summed E-state index contributed by atoms with van der Waals surface area (Å²) < 4.78 is 1.03. The maximum Gasteiger partial charge on any atom is 0.238 e. The number of amides is 1. The molecule has 19 heavy (non-hydrogen) atoms. The van der Waals surface area contributed by atoms with Crippen LogP contribution in [0.3, 0.4) is 0 Å². The van der Waals surface area contributed by atoms with Crippen molar-refractivity contribution in [2.75, 3.05) is 25.0 Å². The zero-order valence-electron chi connectivity index (χ0n) is 10.6. The number of benzene rings is 1. The predicted molar refractivity (Wildman–Crippen MR) is 83.0 cm³/mol. The highest BCUT2D eigenvalue weighted by molar-refractivity contribution is 14.1. The Hall–Kier alpha value is -0.950. The van der Waals surface area contributed by atoms with E-state index >= 15 is 0 Å². The summed E-state index contributed by atoms with van der Waals surface area (Å²) >= 11 is 2.20. The molecule has 5 heteroatoms. The summed E-state index contributed by atoms with van der Waals surface area (Å²) in [6.45, 7) is 1.95. The van der Waals surface area contributed by atoms with Gasteiger partial charge in [-0.15, -0.1) is 0 Å². The fraction of sp³-hybridized carbons (Fsp3) is 0.429. The van der Waals surface area contributed by atoms with Crippen molar-refractivity contribution in [3.63, 3.8) is 0 Å². The Bertz CT molecular complexity index is 465. The van der Waals surface area contributed by atoms with Crippen LogP contribution in [-0.4, -0.2) is 36.7 Å². The molecule has 0 radical (unpaired) electrons. The number of nitrogens with zero attached hydrogens (tertiary/aromatic N) is 1. The van der Waals surface area contributed by atoms with Gasteiger partial charge in [0.2, 0.25) is 5.91 Å². The second-order valence-electron chi connectivity index (χ2n) is 4.80. The lowest BCUT2D eigenvalue weighted by Gasteiger charge is -2.29. The van der Waals surface area contributed by atoms with Crippen LogP contribution >= 0.6 is 22.6 Å². The molecule has 1 aromatic rings. The van der Waals surface area contributed by atoms with Gasteiger partial charge in [-0.1, -0.05) is 12.1 Å². The third kappa shape index (κ3) is 4.28. The second kappa shape index (κ2) is 7.00. The number of nitrogens with one attached hydrogen (secondary N) is 1. The highest BCUT2D eigenvalue weighted by Crippen LogP contribution is 2.18. The van der Waals surface area contributed by atoms with Gasteiger partial charge < -0.3 is 10.1 Å². The van der Waals surface area contributed by atoms with Crippen molar-refractivity contribution >= 4 is 40.5 Å². The minimum atomic E-state index is -0.0179. The highest BCUT2D eigenvalue weighted by atomic mass is 127. The van der Waals surface area contributed by atoms with E-state index in [0.717, 1.165) is 34.9 Å². The normalized spacial score (nSPS) is 19.9. The first-order valence-electron chi connectivity index (χ1n) is 6.41. The van der Waals surface area contributed by atoms with E-state index in [4.69, 9.17) is 0 Å². The number of halogens is 1. The third-order valence-electron chi connectivity index (χ3n) is 3.25. The van der Waals surface area contributed by atoms with Crippen LogP contribution in [0.4, 0.5) is 5.69 Å². The van der Waals surface area contributed by atoms with Crippen LogP contribution in [0.15, 0.2) is 24.3 Å². The fourth-order valence-corrected chi connectivity index (χ4v) is 2.82. The van der Waals surface area contributed by atoms with Crippen molar-refractivity contribution in [3.8, 4) is 0 Å². The molecule has 1 aliphatic rings. The molecule has 1 heterocycles. The Morgan fingerprint density at radius 1 is 1.47 bits per heavy atom. The first kappa shape index (κ1) is 14.5. The van der Waals surface area contributed by atoms with Gasteiger partial charge in [-0.3, -0.25) is 9.69 Å². The molecule has 0 aliphatic carbocycles. The number of anilines is 1. The van der Waals surface area contributed by atoms with Gasteiger partial charge in [0.1, 0.15) is 6.29 Å². The SMILES string of the molecule is O=CC1CCCN(CC(=O)Nc2ccccc2I)C1. The van der Waals surface area contributed by atoms with Crippen LogP contribution in [0.1, 0.15) is 12.8 Å². The van der Waals surface area contributed by atoms with E-state index in [1.807, 2.05) is 29.2 Å². The number of carbonyl (C=O) groups excluding carboxylic acids is 2. The van der Waals surface area contributed by atoms with Crippen molar-refractivity contribution in [2.24, 2.45) is 5.92 Å². The lowest BCUT2D eigenvalue weighted by Crippen LogP contribution is -2.40. The quantitative estimate of drug-likeness (QED) is 0.651. The third-order valence-corrected chi connectivity index (χ3v) is 4.19. The Balaban J connectivity index is 1.87. The number of aldehydes is 1. The molecule has 102 valence electrons. The molecule has 1 N–H and O–H groups in total. The minimum absolute atomic E-state index is 0.0179. The van der Waals surface area contributed by atoms with E-state index < -0.39 is 0 Å². The van der Waals surface area contributed by atoms with Crippen molar-refractivity contribution in [3.05, 3.63) is 27.8 Å². The molecular weight excluding hydrogens is 355 g/mol. The van der Waals surface area contributed by atoms with Crippen molar-refractivity contribution in [2.45, 2.75) is 12.8 Å². The molecule has 1 aliphatic heterocycles. The number of hydrogen-bond acceptors (Lipinski definition) is 3. The van der Waals surface area contributed by atoms with Crippen LogP contribution < -0.4 is 5.32 Å². The average molecular weight is 372 g/mol. The van der Waals surface area contributed by atoms with Crippen LogP contribution in [0.25, 0.3) is 0 Å². The Labute approximate surface area is 126 Å². The summed E-state index contributed by atoms with van der Waals surface area (Å²) in [4.78, 5) is 24.8. The molecule has 0 bridgehead atoms. The van der Waals surface area contributed by atoms with E-state index in [-0.39, 0.29) is 11.8 Å². The zero-order chi connectivity index (χ0) is 13.7. The molecular formula is C14H17IN2O2. The largest absolute Gasteiger partial charge is 0.324 e. The average Bonchev–Trinajstić information content (AvgIpc) is 2.41. The number of para-hydroxylation sites is 1. The Morgan fingerprint density at radius 3 is 3.00 bits per heavy atom. The monoisotopic (exact) mass is 372 g/mol. The van der Waals surface area contributed by atoms with Crippen LogP contribution in [-0.2, 0) is 9.59 Å². The molecule has 2 rings (SSSR count). The van der Waals surface area contributed by atoms with Gasteiger partial charge >= 0.3 is 0 Å². The van der Waals surface area contributed by atoms with Gasteiger partial charge in [-0.25, -0.2) is 0 Å². The first-order valence-corrected chi connectivity index (χ1v) is 7.49. The minimum Gasteiger partial charge on any atom is -0.324 e. The summed E-state index contributed by atoms with van der Waals surface area (Å²) in [6.07, 6.45) is 2.93. The van der Waals surface area contributed by atoms with Crippen LogP contribution in [0, 0.1) is 9.49 Å². The van der Waals surface area contributed by atoms with E-state index in [1.165, 1.54) is 0 Å². The van der Waals surface area contributed by atoms with Gasteiger partial charge in [0.25, 0.3) is 0 Å². The number of rotatable bonds is 4. The number of likely N-dealkylation sites (tertiary alicyclic amines) is 1. The lowest BCUT2D eigenvalue weighted by atomic mass is 10.00. The Morgan fingerprint density at radius 2 is 2.26 bits per heavy atom. The van der Waals surface area contributed by atoms with Crippen molar-refractivity contribution < 1.29 is 9.59 Å². The zero-order valence-corrected chi connectivity index (χ0v) is 12.8. The predicted octanol–water partition coefficient (Wildman–Crippen LogP) is 2.14. The molecule has 1 amide bonds. The molecule has 1 fully saturated rings. The highest BCUT2D eigenvalue weighted by Gasteiger charge is 2.21. The molecule has 1 saturated heterocycles. The summed E-state index contributed by atoms with van der Waals surface area (Å²) in [7, 11) is 0. The lowest BCUT2D eigenvalue weighted by molar-refractivity contribution is -0.119. The summed E-state index contributed by atoms with van der Waals surface area (Å²) in [6, 6.07) is 7.70. The second-order valence-corrected chi connectivity index (χ2v) is 5.96. The van der Waals surface area contributed by atoms with Gasteiger partial charge in [0, 0.05) is 16.0 Å². The summed E-state index contributed by atoms with van der Waals surface area (Å²) in [5.41, 5.74) is 0.844. The molecule has 4 nitrogen and oxygen atoms in total. The summed E-state index contributed by atoms with van der Waals surface area (Å²) in [5, 5.41) is 2.91. The van der Waals surface area contributed by atoms with Crippen LogP contribution in [0.2, 0.25) is 0 Å². The molecule has 1 atom stereocenters. The van der Waals surface area contributed by atoms with Crippen molar-refractivity contribution in [1.82, 2.24) is 4.90 Å². The first-order chi connectivity index (χ1) is 9.19. The number of piperidine rings is 1. The van der Waals surface area contributed by atoms with E-state index in [2.05, 4.69) is 27.9 Å². The van der Waals surface area contributed by atoms with Crippen molar-refractivity contribution in [1.29, 1.82) is 0 Å². The van der Waals surface area contributed by atoms with Crippen LogP contribution in [0.5, 0.6) is 0 Å². The van der Waals surface area contributed by atoms with Gasteiger partial charge in [-0.2, -0.15) is 0 Å². The van der Waals surface area contributed by atoms with Gasteiger partial charge in [0.15, 0.2) is 0 Å². The maximum atomic E-state index is 12.0. The molecule has 1 aromatic carbocycles. The maximum absolute atomic E-state index is 12.0. The molecule has 0 spiro atoms. The fourth-order valence-electron chi connectivity index (χ4n) is 2.30. The molecule has 1 unspecified atom stereocenters. The van der Waals surface area contributed by atoms with E-state index in [1.54, 1.807) is 0 Å².